The Balaban J connectivity index is 4.28. The summed E-state index contributed by atoms with van der Waals surface area (Å²) < 4.78 is 38.0. The Morgan fingerprint density at radius 3 is 1.50 bits per heavy atom. The molecule has 0 aliphatic rings. The van der Waals surface area contributed by atoms with Gasteiger partial charge in [0, 0.05) is 6.42 Å². The molecule has 3 heteroatoms. The van der Waals surface area contributed by atoms with Crippen molar-refractivity contribution >= 4 is 0 Å². The van der Waals surface area contributed by atoms with Gasteiger partial charge in [-0.3, -0.25) is 0 Å². The molecule has 0 aliphatic carbocycles. The summed E-state index contributed by atoms with van der Waals surface area (Å²) in [7, 11) is 0. The van der Waals surface area contributed by atoms with E-state index in [1.54, 1.807) is 0 Å². The van der Waals surface area contributed by atoms with Crippen LogP contribution in [0.5, 0.6) is 0 Å². The molecule has 0 amide bonds. The van der Waals surface area contributed by atoms with Gasteiger partial charge in [0.2, 0.25) is 0 Å². The monoisotopic (exact) mass is 154 g/mol. The molecule has 0 fully saturated rings. The average molecular weight is 154 g/mol. The fourth-order valence-electron chi connectivity index (χ4n) is 0.627. The molecule has 0 saturated carbocycles. The molecule has 0 saturated heterocycles. The van der Waals surface area contributed by atoms with Crippen molar-refractivity contribution < 1.29 is 13.2 Å². The third-order valence-electron chi connectivity index (χ3n) is 1.87. The van der Waals surface area contributed by atoms with E-state index in [-0.39, 0.29) is 6.42 Å². The second-order valence-electron chi connectivity index (χ2n) is 2.61. The Kier molecular flexibility index (Phi) is 2.75. The van der Waals surface area contributed by atoms with Crippen molar-refractivity contribution in [2.24, 2.45) is 0 Å². The standard InChI is InChI=1S/C7H13F3/c1-4-6(3,8)7(9,10)5-2/h4-5H2,1-3H3. The van der Waals surface area contributed by atoms with Gasteiger partial charge in [-0.05, 0) is 13.3 Å². The lowest BCUT2D eigenvalue weighted by Crippen LogP contribution is -2.40. The predicted octanol–water partition coefficient (Wildman–Crippen LogP) is 3.17. The highest BCUT2D eigenvalue weighted by atomic mass is 19.3. The van der Waals surface area contributed by atoms with Gasteiger partial charge in [-0.15, -0.1) is 0 Å². The van der Waals surface area contributed by atoms with Crippen molar-refractivity contribution in [1.29, 1.82) is 0 Å². The molecule has 1 atom stereocenters. The maximum atomic E-state index is 12.8. The molecule has 0 aromatic rings. The number of rotatable bonds is 3. The van der Waals surface area contributed by atoms with Crippen LogP contribution < -0.4 is 0 Å². The summed E-state index contributed by atoms with van der Waals surface area (Å²) in [6, 6.07) is 0. The molecule has 62 valence electrons. The van der Waals surface area contributed by atoms with E-state index in [1.807, 2.05) is 0 Å². The molecule has 0 rings (SSSR count). The van der Waals surface area contributed by atoms with Crippen LogP contribution in [0.4, 0.5) is 13.2 Å². The molecule has 0 bridgehead atoms. The Hall–Kier alpha value is -0.210. The molecule has 0 heterocycles. The van der Waals surface area contributed by atoms with Crippen molar-refractivity contribution in [2.75, 3.05) is 0 Å². The Bertz CT molecular complexity index is 93.4. The maximum absolute atomic E-state index is 12.8. The van der Waals surface area contributed by atoms with Crippen LogP contribution in [0.2, 0.25) is 0 Å². The van der Waals surface area contributed by atoms with E-state index in [4.69, 9.17) is 0 Å². The number of alkyl halides is 3. The molecule has 0 nitrogen and oxygen atoms in total. The van der Waals surface area contributed by atoms with Gasteiger partial charge in [0.15, 0.2) is 5.67 Å². The van der Waals surface area contributed by atoms with E-state index in [2.05, 4.69) is 0 Å². The van der Waals surface area contributed by atoms with E-state index >= 15 is 0 Å². The zero-order valence-electron chi connectivity index (χ0n) is 6.55. The Morgan fingerprint density at radius 1 is 1.00 bits per heavy atom. The van der Waals surface area contributed by atoms with Crippen LogP contribution in [0, 0.1) is 0 Å². The van der Waals surface area contributed by atoms with Gasteiger partial charge in [-0.2, -0.15) is 0 Å². The second-order valence-corrected chi connectivity index (χ2v) is 2.61. The largest absolute Gasteiger partial charge is 0.280 e. The highest BCUT2D eigenvalue weighted by Crippen LogP contribution is 2.37. The zero-order valence-corrected chi connectivity index (χ0v) is 6.55. The van der Waals surface area contributed by atoms with Crippen molar-refractivity contribution in [1.82, 2.24) is 0 Å². The van der Waals surface area contributed by atoms with E-state index in [0.29, 0.717) is 0 Å². The lowest BCUT2D eigenvalue weighted by atomic mass is 9.95. The van der Waals surface area contributed by atoms with Crippen LogP contribution in [-0.2, 0) is 0 Å². The van der Waals surface area contributed by atoms with E-state index in [0.717, 1.165) is 6.92 Å². The third kappa shape index (κ3) is 1.64. The van der Waals surface area contributed by atoms with Gasteiger partial charge in [-0.1, -0.05) is 13.8 Å². The summed E-state index contributed by atoms with van der Waals surface area (Å²) in [4.78, 5) is 0. The van der Waals surface area contributed by atoms with Gasteiger partial charge in [-0.25, -0.2) is 13.2 Å². The topological polar surface area (TPSA) is 0 Å². The Labute approximate surface area is 59.4 Å². The van der Waals surface area contributed by atoms with Crippen LogP contribution in [0.15, 0.2) is 0 Å². The number of hydrogen-bond donors (Lipinski definition) is 0. The minimum absolute atomic E-state index is 0.145. The smallest absolute Gasteiger partial charge is 0.238 e. The summed E-state index contributed by atoms with van der Waals surface area (Å²) in [5.74, 6) is -3.18. The fourth-order valence-corrected chi connectivity index (χ4v) is 0.627. The third-order valence-corrected chi connectivity index (χ3v) is 1.87. The predicted molar refractivity (Wildman–Crippen MR) is 35.0 cm³/mol. The molecule has 0 aliphatic heterocycles. The number of halogens is 3. The maximum Gasteiger partial charge on any atom is 0.280 e. The summed E-state index contributed by atoms with van der Waals surface area (Å²) in [6.45, 7) is 3.65. The van der Waals surface area contributed by atoms with E-state index in [1.165, 1.54) is 13.8 Å². The summed E-state index contributed by atoms with van der Waals surface area (Å²) in [6.07, 6.45) is -0.582. The van der Waals surface area contributed by atoms with E-state index in [9.17, 15) is 13.2 Å². The van der Waals surface area contributed by atoms with E-state index < -0.39 is 18.0 Å². The van der Waals surface area contributed by atoms with Gasteiger partial charge >= 0.3 is 0 Å². The van der Waals surface area contributed by atoms with Gasteiger partial charge in [0.1, 0.15) is 0 Å². The lowest BCUT2D eigenvalue weighted by Gasteiger charge is -2.27. The molecule has 0 N–H and O–H groups in total. The lowest BCUT2D eigenvalue weighted by molar-refractivity contribution is -0.132. The first-order valence-corrected chi connectivity index (χ1v) is 3.44. The first-order chi connectivity index (χ1) is 4.37. The van der Waals surface area contributed by atoms with Crippen molar-refractivity contribution in [3.63, 3.8) is 0 Å². The van der Waals surface area contributed by atoms with Gasteiger partial charge < -0.3 is 0 Å². The molecule has 1 unspecified atom stereocenters. The van der Waals surface area contributed by atoms with Crippen LogP contribution >= 0.6 is 0 Å². The van der Waals surface area contributed by atoms with Gasteiger partial charge in [0.05, 0.1) is 0 Å². The minimum Gasteiger partial charge on any atom is -0.238 e. The van der Waals surface area contributed by atoms with Crippen LogP contribution in [0.25, 0.3) is 0 Å². The molecule has 0 radical (unpaired) electrons. The second kappa shape index (κ2) is 2.81. The van der Waals surface area contributed by atoms with Gasteiger partial charge in [0.25, 0.3) is 5.92 Å². The SMILES string of the molecule is CCC(C)(F)C(F)(F)CC. The molecular formula is C7H13F3. The average Bonchev–Trinajstić information content (AvgIpc) is 1.88. The molecule has 10 heavy (non-hydrogen) atoms. The highest BCUT2D eigenvalue weighted by molar-refractivity contribution is 4.87. The van der Waals surface area contributed by atoms with Crippen molar-refractivity contribution in [3.05, 3.63) is 0 Å². The first kappa shape index (κ1) is 9.79. The molecule has 0 aromatic carbocycles. The normalized spacial score (nSPS) is 18.6. The van der Waals surface area contributed by atoms with Crippen LogP contribution in [0.1, 0.15) is 33.6 Å². The fraction of sp³-hybridized carbons (Fsp3) is 1.00. The van der Waals surface area contributed by atoms with Crippen LogP contribution in [0.3, 0.4) is 0 Å². The van der Waals surface area contributed by atoms with Crippen molar-refractivity contribution in [2.45, 2.75) is 45.2 Å². The van der Waals surface area contributed by atoms with Crippen molar-refractivity contribution in [3.8, 4) is 0 Å². The minimum atomic E-state index is -3.18. The summed E-state index contributed by atoms with van der Waals surface area (Å²) in [5.41, 5.74) is -2.35. The molecular weight excluding hydrogens is 141 g/mol. The molecule has 0 spiro atoms. The quantitative estimate of drug-likeness (QED) is 0.585. The summed E-state index contributed by atoms with van der Waals surface area (Å²) in [5, 5.41) is 0. The number of hydrogen-bond acceptors (Lipinski definition) is 0. The van der Waals surface area contributed by atoms with Crippen LogP contribution in [-0.4, -0.2) is 11.6 Å². The zero-order chi connectivity index (χ0) is 8.41. The summed E-state index contributed by atoms with van der Waals surface area (Å²) >= 11 is 0. The molecule has 0 aromatic heterocycles. The first-order valence-electron chi connectivity index (χ1n) is 3.44. The highest BCUT2D eigenvalue weighted by Gasteiger charge is 2.47. The Morgan fingerprint density at radius 2 is 1.40 bits per heavy atom.